The second kappa shape index (κ2) is 6.19. The van der Waals surface area contributed by atoms with Gasteiger partial charge in [-0.3, -0.25) is 4.79 Å². The quantitative estimate of drug-likeness (QED) is 0.715. The maximum atomic E-state index is 11.3. The lowest BCUT2D eigenvalue weighted by Gasteiger charge is -2.15. The first-order valence-corrected chi connectivity index (χ1v) is 5.27. The average molecular weight is 261 g/mol. The first-order valence-electron chi connectivity index (χ1n) is 4.89. The molecule has 0 aliphatic carbocycles. The molecule has 0 amide bonds. The van der Waals surface area contributed by atoms with Gasteiger partial charge < -0.3 is 14.4 Å². The number of aromatic nitrogens is 3. The fraction of sp³-hybridized carbons (Fsp3) is 0.556. The molecule has 0 bridgehead atoms. The molecule has 7 nitrogen and oxygen atoms in total. The molecule has 1 aromatic heterocycles. The Labute approximate surface area is 104 Å². The highest BCUT2D eigenvalue weighted by atomic mass is 35.5. The number of likely N-dealkylation sites (N-methyl/N-ethyl adjacent to an activating group) is 1. The predicted octanol–water partition coefficient (Wildman–Crippen LogP) is 0.533. The minimum atomic E-state index is -0.370. The van der Waals surface area contributed by atoms with E-state index in [1.54, 1.807) is 14.0 Å². The average Bonchev–Trinajstić information content (AvgIpc) is 2.28. The highest BCUT2D eigenvalue weighted by Crippen LogP contribution is 2.13. The highest BCUT2D eigenvalue weighted by molar-refractivity contribution is 6.28. The molecular weight excluding hydrogens is 248 g/mol. The summed E-state index contributed by atoms with van der Waals surface area (Å²) in [4.78, 5) is 24.3. The molecule has 94 valence electrons. The van der Waals surface area contributed by atoms with Crippen molar-refractivity contribution >= 4 is 23.5 Å². The van der Waals surface area contributed by atoms with E-state index in [1.807, 2.05) is 0 Å². The van der Waals surface area contributed by atoms with E-state index in [4.69, 9.17) is 21.1 Å². The topological polar surface area (TPSA) is 77.4 Å². The van der Waals surface area contributed by atoms with Crippen LogP contribution in [0.25, 0.3) is 0 Å². The van der Waals surface area contributed by atoms with Gasteiger partial charge in [-0.05, 0) is 18.5 Å². The van der Waals surface area contributed by atoms with Crippen LogP contribution in [0, 0.1) is 0 Å². The third-order valence-corrected chi connectivity index (χ3v) is 1.94. The molecular formula is C9H13ClN4O3. The van der Waals surface area contributed by atoms with Gasteiger partial charge in [0.15, 0.2) is 0 Å². The number of anilines is 1. The zero-order valence-electron chi connectivity index (χ0n) is 9.81. The number of methoxy groups -OCH3 is 1. The van der Waals surface area contributed by atoms with Crippen molar-refractivity contribution in [2.24, 2.45) is 0 Å². The fourth-order valence-corrected chi connectivity index (χ4v) is 1.20. The molecule has 8 heteroatoms. The van der Waals surface area contributed by atoms with Gasteiger partial charge in [-0.1, -0.05) is 0 Å². The van der Waals surface area contributed by atoms with Crippen LogP contribution in [0.5, 0.6) is 6.01 Å². The minimum Gasteiger partial charge on any atom is -0.467 e. The van der Waals surface area contributed by atoms with Crippen molar-refractivity contribution in [3.05, 3.63) is 5.28 Å². The normalized spacial score (nSPS) is 9.88. The molecule has 0 aliphatic heterocycles. The lowest BCUT2D eigenvalue weighted by Crippen LogP contribution is -2.28. The summed E-state index contributed by atoms with van der Waals surface area (Å²) in [5.41, 5.74) is 0. The number of hydrogen-bond donors (Lipinski definition) is 0. The Morgan fingerprint density at radius 3 is 2.71 bits per heavy atom. The summed E-state index contributed by atoms with van der Waals surface area (Å²) in [6.45, 7) is 2.09. The Balaban J connectivity index is 2.77. The summed E-state index contributed by atoms with van der Waals surface area (Å²) in [7, 11) is 3.06. The van der Waals surface area contributed by atoms with E-state index in [1.165, 1.54) is 12.0 Å². The van der Waals surface area contributed by atoms with Crippen LogP contribution in [-0.4, -0.2) is 48.2 Å². The summed E-state index contributed by atoms with van der Waals surface area (Å²) in [6.07, 6.45) is 0. The van der Waals surface area contributed by atoms with Crippen molar-refractivity contribution in [1.29, 1.82) is 0 Å². The standard InChI is InChI=1S/C9H13ClN4O3/c1-4-17-6(15)5-14(2)8-11-7(10)12-9(13-8)16-3/h4-5H2,1-3H3. The maximum Gasteiger partial charge on any atom is 0.325 e. The molecule has 0 unspecified atom stereocenters. The van der Waals surface area contributed by atoms with E-state index in [2.05, 4.69) is 15.0 Å². The number of nitrogens with zero attached hydrogens (tertiary/aromatic N) is 4. The van der Waals surface area contributed by atoms with Crippen molar-refractivity contribution < 1.29 is 14.3 Å². The third-order valence-electron chi connectivity index (χ3n) is 1.77. The molecule has 0 saturated heterocycles. The number of esters is 1. The molecule has 0 fully saturated rings. The number of carbonyl (C=O) groups excluding carboxylic acids is 1. The van der Waals surface area contributed by atoms with Crippen LogP contribution in [0.2, 0.25) is 5.28 Å². The molecule has 0 aromatic carbocycles. The Morgan fingerprint density at radius 1 is 1.41 bits per heavy atom. The van der Waals surface area contributed by atoms with E-state index in [0.29, 0.717) is 6.61 Å². The molecule has 0 atom stereocenters. The zero-order chi connectivity index (χ0) is 12.8. The second-order valence-electron chi connectivity index (χ2n) is 3.05. The predicted molar refractivity (Wildman–Crippen MR) is 61.3 cm³/mol. The SMILES string of the molecule is CCOC(=O)CN(C)c1nc(Cl)nc(OC)n1. The van der Waals surface area contributed by atoms with Gasteiger partial charge in [0.2, 0.25) is 11.2 Å². The van der Waals surface area contributed by atoms with Crippen LogP contribution >= 0.6 is 11.6 Å². The van der Waals surface area contributed by atoms with E-state index in [-0.39, 0.29) is 29.8 Å². The molecule has 1 rings (SSSR count). The van der Waals surface area contributed by atoms with Crippen LogP contribution in [0.15, 0.2) is 0 Å². The summed E-state index contributed by atoms with van der Waals surface area (Å²) in [5, 5.41) is 0.00237. The van der Waals surface area contributed by atoms with Crippen molar-refractivity contribution in [3.63, 3.8) is 0 Å². The van der Waals surface area contributed by atoms with Crippen molar-refractivity contribution in [1.82, 2.24) is 15.0 Å². The Hall–Kier alpha value is -1.63. The van der Waals surface area contributed by atoms with Crippen LogP contribution in [-0.2, 0) is 9.53 Å². The Morgan fingerprint density at radius 2 is 2.12 bits per heavy atom. The van der Waals surface area contributed by atoms with Gasteiger partial charge in [0.05, 0.1) is 13.7 Å². The number of ether oxygens (including phenoxy) is 2. The maximum absolute atomic E-state index is 11.3. The lowest BCUT2D eigenvalue weighted by atomic mass is 10.6. The van der Waals surface area contributed by atoms with Crippen molar-refractivity contribution in [2.75, 3.05) is 32.2 Å². The van der Waals surface area contributed by atoms with Crippen LogP contribution < -0.4 is 9.64 Å². The van der Waals surface area contributed by atoms with Crippen molar-refractivity contribution in [3.8, 4) is 6.01 Å². The van der Waals surface area contributed by atoms with Gasteiger partial charge in [0.1, 0.15) is 6.54 Å². The molecule has 0 spiro atoms. The molecule has 0 radical (unpaired) electrons. The first kappa shape index (κ1) is 13.4. The highest BCUT2D eigenvalue weighted by Gasteiger charge is 2.13. The minimum absolute atomic E-state index is 0.00237. The summed E-state index contributed by atoms with van der Waals surface area (Å²) < 4.78 is 9.65. The summed E-state index contributed by atoms with van der Waals surface area (Å²) >= 11 is 5.69. The van der Waals surface area contributed by atoms with Gasteiger partial charge in [-0.2, -0.15) is 15.0 Å². The van der Waals surface area contributed by atoms with Gasteiger partial charge in [-0.25, -0.2) is 0 Å². The van der Waals surface area contributed by atoms with Gasteiger partial charge in [0, 0.05) is 7.05 Å². The van der Waals surface area contributed by atoms with E-state index < -0.39 is 0 Å². The van der Waals surface area contributed by atoms with E-state index >= 15 is 0 Å². The molecule has 1 heterocycles. The molecule has 0 saturated carbocycles. The molecule has 0 aliphatic rings. The fourth-order valence-electron chi connectivity index (χ4n) is 1.05. The third kappa shape index (κ3) is 4.03. The van der Waals surface area contributed by atoms with Gasteiger partial charge >= 0.3 is 12.0 Å². The van der Waals surface area contributed by atoms with E-state index in [9.17, 15) is 4.79 Å². The van der Waals surface area contributed by atoms with Crippen LogP contribution in [0.3, 0.4) is 0 Å². The van der Waals surface area contributed by atoms with Crippen molar-refractivity contribution in [2.45, 2.75) is 6.92 Å². The number of rotatable bonds is 5. The molecule has 0 N–H and O–H groups in total. The Kier molecular flexibility index (Phi) is 4.89. The van der Waals surface area contributed by atoms with Crippen LogP contribution in [0.4, 0.5) is 5.95 Å². The van der Waals surface area contributed by atoms with Gasteiger partial charge in [0.25, 0.3) is 0 Å². The molecule has 17 heavy (non-hydrogen) atoms. The largest absolute Gasteiger partial charge is 0.467 e. The Bertz CT molecular complexity index is 402. The van der Waals surface area contributed by atoms with Crippen LogP contribution in [0.1, 0.15) is 6.92 Å². The summed E-state index contributed by atoms with van der Waals surface area (Å²) in [6, 6.07) is 0.0932. The number of halogens is 1. The second-order valence-corrected chi connectivity index (χ2v) is 3.39. The number of hydrogen-bond acceptors (Lipinski definition) is 7. The van der Waals surface area contributed by atoms with Gasteiger partial charge in [-0.15, -0.1) is 0 Å². The molecule has 1 aromatic rings. The zero-order valence-corrected chi connectivity index (χ0v) is 10.6. The number of carbonyl (C=O) groups is 1. The smallest absolute Gasteiger partial charge is 0.325 e. The lowest BCUT2D eigenvalue weighted by molar-refractivity contribution is -0.141. The monoisotopic (exact) mass is 260 g/mol. The first-order chi connectivity index (χ1) is 8.06. The summed E-state index contributed by atoms with van der Waals surface area (Å²) in [5.74, 6) is -0.125. The van der Waals surface area contributed by atoms with E-state index in [0.717, 1.165) is 0 Å².